The largest absolute Gasteiger partial charge is 0.463 e. The van der Waals surface area contributed by atoms with Gasteiger partial charge in [0.2, 0.25) is 5.72 Å². The van der Waals surface area contributed by atoms with Gasteiger partial charge in [0.25, 0.3) is 5.69 Å². The summed E-state index contributed by atoms with van der Waals surface area (Å²) in [5.41, 5.74) is 2.43. The van der Waals surface area contributed by atoms with Gasteiger partial charge >= 0.3 is 0 Å². The molecule has 0 amide bonds. The highest BCUT2D eigenvalue weighted by molar-refractivity contribution is 5.73. The maximum Gasteiger partial charge on any atom is 0.270 e. The number of hydrogen-bond acceptors (Lipinski definition) is 4. The van der Waals surface area contributed by atoms with Crippen LogP contribution >= 0.6 is 0 Å². The van der Waals surface area contributed by atoms with Crippen LogP contribution in [0.3, 0.4) is 0 Å². The molecule has 5 nitrogen and oxygen atoms in total. The summed E-state index contributed by atoms with van der Waals surface area (Å²) in [5.74, 6) is 0.706. The first-order valence-electron chi connectivity index (χ1n) is 18.4. The number of nitrogens with zero attached hydrogens (tertiary/aromatic N) is 2. The van der Waals surface area contributed by atoms with Crippen LogP contribution in [0.5, 0.6) is 5.75 Å². The van der Waals surface area contributed by atoms with Gasteiger partial charge in [-0.2, -0.15) is 0 Å². The van der Waals surface area contributed by atoms with Crippen molar-refractivity contribution in [3.05, 3.63) is 69.8 Å². The van der Waals surface area contributed by atoms with Crippen LogP contribution in [0.15, 0.2) is 48.5 Å². The Morgan fingerprint density at radius 1 is 0.711 bits per heavy atom. The Labute approximate surface area is 274 Å². The Balaban J connectivity index is 1.12. The van der Waals surface area contributed by atoms with Crippen LogP contribution in [-0.4, -0.2) is 17.2 Å². The summed E-state index contributed by atoms with van der Waals surface area (Å²) in [6, 6.07) is 13.6. The molecule has 2 aromatic rings. The molecule has 0 fully saturated rings. The molecule has 45 heavy (non-hydrogen) atoms. The third kappa shape index (κ3) is 9.14. The van der Waals surface area contributed by atoms with E-state index in [9.17, 15) is 10.1 Å². The smallest absolute Gasteiger partial charge is 0.270 e. The molecule has 2 aromatic carbocycles. The van der Waals surface area contributed by atoms with Crippen molar-refractivity contribution in [3.63, 3.8) is 0 Å². The summed E-state index contributed by atoms with van der Waals surface area (Å²) >= 11 is 0. The molecule has 0 N–H and O–H groups in total. The summed E-state index contributed by atoms with van der Waals surface area (Å²) in [7, 11) is 0. The van der Waals surface area contributed by atoms with E-state index in [1.165, 1.54) is 133 Å². The maximum atomic E-state index is 11.3. The van der Waals surface area contributed by atoms with E-state index in [0.29, 0.717) is 5.75 Å². The Bertz CT molecular complexity index is 1220. The number of benzene rings is 2. The molecule has 0 saturated carbocycles. The first kappa shape index (κ1) is 35.0. The van der Waals surface area contributed by atoms with Gasteiger partial charge in [-0.1, -0.05) is 147 Å². The predicted octanol–water partition coefficient (Wildman–Crippen LogP) is 12.3. The standard InChI is InChI=1S/C40H60N2O3/c1-4-5-6-7-8-9-10-11-12-13-14-15-16-17-18-19-20-21-22-25-32-41-37-27-24-23-26-36(37)39(2,3)40(41)31-30-34-33-35(42(43)44)28-29-38(34)45-40/h23-24,26-31,33H,4-22,25,32H2,1-3H3. The molecule has 0 saturated heterocycles. The number of ether oxygens (including phenoxy) is 1. The molecule has 1 atom stereocenters. The highest BCUT2D eigenvalue weighted by Gasteiger charge is 2.58. The zero-order chi connectivity index (χ0) is 32.0. The molecule has 4 rings (SSSR count). The summed E-state index contributed by atoms with van der Waals surface area (Å²) in [4.78, 5) is 13.4. The fourth-order valence-corrected chi connectivity index (χ4v) is 7.52. The molecule has 0 radical (unpaired) electrons. The van der Waals surface area contributed by atoms with Crippen LogP contribution in [0.25, 0.3) is 6.08 Å². The van der Waals surface area contributed by atoms with Crippen LogP contribution in [-0.2, 0) is 5.41 Å². The van der Waals surface area contributed by atoms with Crippen molar-refractivity contribution in [2.75, 3.05) is 11.4 Å². The van der Waals surface area contributed by atoms with Crippen LogP contribution in [0.1, 0.15) is 160 Å². The molecule has 0 bridgehead atoms. The SMILES string of the molecule is CCCCCCCCCCCCCCCCCCCCCCN1c2ccccc2C(C)(C)C12C=Cc1cc([N+](=O)[O-])ccc1O2. The molecule has 5 heteroatoms. The van der Waals surface area contributed by atoms with Crippen molar-refractivity contribution in [2.45, 2.75) is 160 Å². The number of non-ortho nitro benzene ring substituents is 1. The molecule has 2 heterocycles. The van der Waals surface area contributed by atoms with Crippen molar-refractivity contribution >= 4 is 17.5 Å². The Hall–Kier alpha value is -2.82. The lowest BCUT2D eigenvalue weighted by atomic mass is 9.76. The van der Waals surface area contributed by atoms with Gasteiger partial charge in [0.1, 0.15) is 5.75 Å². The highest BCUT2D eigenvalue weighted by atomic mass is 16.6. The second kappa shape index (κ2) is 17.8. The number of fused-ring (bicyclic) bond motifs is 2. The fourth-order valence-electron chi connectivity index (χ4n) is 7.52. The number of nitro groups is 1. The van der Waals surface area contributed by atoms with E-state index >= 15 is 0 Å². The normalized spacial score (nSPS) is 17.8. The van der Waals surface area contributed by atoms with Gasteiger partial charge < -0.3 is 9.64 Å². The monoisotopic (exact) mass is 616 g/mol. The Kier molecular flexibility index (Phi) is 13.8. The Morgan fingerprint density at radius 2 is 1.22 bits per heavy atom. The van der Waals surface area contributed by atoms with E-state index in [1.54, 1.807) is 18.2 Å². The van der Waals surface area contributed by atoms with Crippen LogP contribution in [0.4, 0.5) is 11.4 Å². The number of anilines is 1. The predicted molar refractivity (Wildman–Crippen MR) is 190 cm³/mol. The molecule has 0 aromatic heterocycles. The number of unbranched alkanes of at least 4 members (excludes halogenated alkanes) is 19. The lowest BCUT2D eigenvalue weighted by Gasteiger charge is -2.47. The zero-order valence-electron chi connectivity index (χ0n) is 28.7. The molecule has 0 aliphatic carbocycles. The maximum absolute atomic E-state index is 11.3. The minimum atomic E-state index is -0.659. The average molecular weight is 617 g/mol. The number of nitro benzene ring substituents is 1. The van der Waals surface area contributed by atoms with E-state index < -0.39 is 5.72 Å². The minimum absolute atomic E-state index is 0.0909. The van der Waals surface area contributed by atoms with Crippen LogP contribution in [0.2, 0.25) is 0 Å². The van der Waals surface area contributed by atoms with Gasteiger partial charge in [0.05, 0.1) is 10.3 Å². The van der Waals surface area contributed by atoms with Crippen molar-refractivity contribution in [1.29, 1.82) is 0 Å². The van der Waals surface area contributed by atoms with E-state index in [4.69, 9.17) is 4.74 Å². The third-order valence-electron chi connectivity index (χ3n) is 10.4. The average Bonchev–Trinajstić information content (AvgIpc) is 3.21. The quantitative estimate of drug-likeness (QED) is 0.0750. The number of para-hydroxylation sites is 1. The number of hydrogen-bond donors (Lipinski definition) is 0. The van der Waals surface area contributed by atoms with Gasteiger partial charge in [0, 0.05) is 29.9 Å². The van der Waals surface area contributed by atoms with Gasteiger partial charge in [-0.25, -0.2) is 0 Å². The third-order valence-corrected chi connectivity index (χ3v) is 10.4. The summed E-state index contributed by atoms with van der Waals surface area (Å²) in [6.45, 7) is 7.72. The first-order valence-corrected chi connectivity index (χ1v) is 18.4. The molecule has 2 aliphatic heterocycles. The second-order valence-electron chi connectivity index (χ2n) is 14.1. The zero-order valence-corrected chi connectivity index (χ0v) is 28.7. The molecule has 248 valence electrons. The van der Waals surface area contributed by atoms with E-state index in [2.05, 4.69) is 56.0 Å². The van der Waals surface area contributed by atoms with Crippen molar-refractivity contribution < 1.29 is 9.66 Å². The topological polar surface area (TPSA) is 55.6 Å². The number of rotatable bonds is 22. The van der Waals surface area contributed by atoms with Gasteiger partial charge in [0.15, 0.2) is 0 Å². The lowest BCUT2D eigenvalue weighted by Crippen LogP contribution is -2.59. The molecule has 1 spiro atoms. The van der Waals surface area contributed by atoms with Gasteiger partial charge in [-0.3, -0.25) is 10.1 Å². The van der Waals surface area contributed by atoms with Crippen molar-refractivity contribution in [2.24, 2.45) is 0 Å². The fraction of sp³-hybridized carbons (Fsp3) is 0.650. The van der Waals surface area contributed by atoms with Crippen LogP contribution in [0, 0.1) is 10.1 Å². The highest BCUT2D eigenvalue weighted by Crippen LogP contribution is 2.55. The van der Waals surface area contributed by atoms with E-state index in [1.807, 2.05) is 6.08 Å². The minimum Gasteiger partial charge on any atom is -0.463 e. The van der Waals surface area contributed by atoms with E-state index in [-0.39, 0.29) is 16.0 Å². The van der Waals surface area contributed by atoms with Gasteiger partial charge in [-0.05, 0) is 50.1 Å². The van der Waals surface area contributed by atoms with Crippen molar-refractivity contribution in [1.82, 2.24) is 0 Å². The Morgan fingerprint density at radius 3 is 1.76 bits per heavy atom. The summed E-state index contributed by atoms with van der Waals surface area (Å²) < 4.78 is 6.84. The summed E-state index contributed by atoms with van der Waals surface area (Å²) in [5, 5.41) is 11.3. The van der Waals surface area contributed by atoms with Gasteiger partial charge in [-0.15, -0.1) is 0 Å². The van der Waals surface area contributed by atoms with Crippen molar-refractivity contribution in [3.8, 4) is 5.75 Å². The first-order chi connectivity index (χ1) is 21.9. The molecule has 2 aliphatic rings. The van der Waals surface area contributed by atoms with E-state index in [0.717, 1.165) is 18.5 Å². The van der Waals surface area contributed by atoms with Crippen LogP contribution < -0.4 is 9.64 Å². The molecular weight excluding hydrogens is 556 g/mol. The second-order valence-corrected chi connectivity index (χ2v) is 14.1. The molecule has 1 unspecified atom stereocenters. The lowest BCUT2D eigenvalue weighted by molar-refractivity contribution is -0.384. The molecular formula is C40H60N2O3. The summed E-state index contributed by atoms with van der Waals surface area (Å²) in [6.07, 6.45) is 31.8.